The molecule has 109 heavy (non-hydrogen) atoms. The fourth-order valence-electron chi connectivity index (χ4n) is 10.1. The van der Waals surface area contributed by atoms with Crippen molar-refractivity contribution >= 4 is 99.0 Å². The number of aromatic nitrogens is 16. The zero-order valence-corrected chi connectivity index (χ0v) is 63.5. The van der Waals surface area contributed by atoms with Crippen LogP contribution in [0.4, 0.5) is 34.3 Å². The van der Waals surface area contributed by atoms with Crippen LogP contribution in [0.15, 0.2) is 173 Å². The van der Waals surface area contributed by atoms with Crippen molar-refractivity contribution in [3.05, 3.63) is 192 Å². The van der Waals surface area contributed by atoms with Gasteiger partial charge in [0.2, 0.25) is 39.7 Å². The molecular formula is C68H72N24O12S5. The molecule has 0 atom stereocenters. The van der Waals surface area contributed by atoms with Crippen molar-refractivity contribution in [2.45, 2.75) is 82.3 Å². The van der Waals surface area contributed by atoms with E-state index in [9.17, 15) is 48.1 Å². The Morgan fingerprint density at radius 2 is 0.872 bits per heavy atom. The topological polar surface area (TPSA) is 482 Å². The lowest BCUT2D eigenvalue weighted by atomic mass is 10.0. The molecule has 11 heterocycles. The minimum absolute atomic E-state index is 0.00838. The third-order valence-electron chi connectivity index (χ3n) is 15.5. The van der Waals surface area contributed by atoms with E-state index in [2.05, 4.69) is 116 Å². The number of carbonyl (C=O) groups excluding carboxylic acids is 3. The molecule has 0 bridgehead atoms. The Morgan fingerprint density at radius 1 is 0.468 bits per heavy atom. The third-order valence-corrected chi connectivity index (χ3v) is 22.5. The molecule has 36 nitrogen and oxygen atoms in total. The van der Waals surface area contributed by atoms with Gasteiger partial charge in [0.25, 0.3) is 26.0 Å². The van der Waals surface area contributed by atoms with Gasteiger partial charge in [-0.15, -0.1) is 11.3 Å². The number of likely N-dealkylation sites (tertiary alicyclic amines) is 1. The van der Waals surface area contributed by atoms with Gasteiger partial charge >= 0.3 is 16.3 Å². The average molecular weight is 1580 g/mol. The average Bonchev–Trinajstić information content (AvgIpc) is 1.16. The molecule has 13 rings (SSSR count). The Hall–Kier alpha value is -12.1. The van der Waals surface area contributed by atoms with Crippen molar-refractivity contribution in [2.24, 2.45) is 5.92 Å². The van der Waals surface area contributed by atoms with Crippen LogP contribution in [0.2, 0.25) is 0 Å². The molecule has 2 aliphatic rings. The summed E-state index contributed by atoms with van der Waals surface area (Å²) in [5.74, 6) is 2.78. The van der Waals surface area contributed by atoms with Crippen molar-refractivity contribution < 1.29 is 52.8 Å². The molecule has 566 valence electrons. The predicted octanol–water partition coefficient (Wildman–Crippen LogP) is 7.74. The maximum Gasteiger partial charge on any atom is 0.415 e. The number of piperidine rings is 2. The number of ether oxygens (including phenoxy) is 1. The van der Waals surface area contributed by atoms with Crippen LogP contribution in [0, 0.1) is 33.6 Å². The summed E-state index contributed by atoms with van der Waals surface area (Å²) in [6.45, 7) is 11.7. The molecule has 2 saturated heterocycles. The molecule has 0 radical (unpaired) electrons. The molecule has 0 saturated carbocycles. The molecule has 3 amide bonds. The lowest BCUT2D eigenvalue weighted by Gasteiger charge is -2.30. The first-order chi connectivity index (χ1) is 52.1. The first-order valence-corrected chi connectivity index (χ1v) is 40.0. The van der Waals surface area contributed by atoms with E-state index in [0.29, 0.717) is 82.3 Å². The number of thiophene rings is 1. The van der Waals surface area contributed by atoms with Crippen molar-refractivity contribution in [2.75, 3.05) is 57.4 Å². The molecule has 2 aliphatic heterocycles. The number of para-hydroxylation sites is 1. The summed E-state index contributed by atoms with van der Waals surface area (Å²) in [6, 6.07) is 36.9. The second kappa shape index (κ2) is 36.0. The Balaban J connectivity index is 0.000000156. The number of nitrogens with zero attached hydrogens (tertiary/aromatic N) is 18. The number of pyridine rings is 4. The van der Waals surface area contributed by atoms with Gasteiger partial charge in [-0.05, 0) is 150 Å². The molecule has 2 aromatic carbocycles. The molecule has 0 unspecified atom stereocenters. The highest BCUT2D eigenvalue weighted by molar-refractivity contribution is 7.93. The Bertz CT molecular complexity index is 5460. The smallest absolute Gasteiger partial charge is 0.410 e. The van der Waals surface area contributed by atoms with E-state index < -0.39 is 51.6 Å². The van der Waals surface area contributed by atoms with Crippen molar-refractivity contribution in [1.82, 2.24) is 94.3 Å². The van der Waals surface area contributed by atoms with Gasteiger partial charge in [0.15, 0.2) is 23.3 Å². The highest BCUT2D eigenvalue weighted by Crippen LogP contribution is 2.27. The summed E-state index contributed by atoms with van der Waals surface area (Å²) in [6.07, 6.45) is 8.19. The van der Waals surface area contributed by atoms with Crippen molar-refractivity contribution in [1.29, 1.82) is 0 Å². The van der Waals surface area contributed by atoms with Crippen LogP contribution >= 0.6 is 11.3 Å². The number of hydrogen-bond acceptors (Lipinski definition) is 29. The molecular weight excluding hydrogens is 1510 g/mol. The van der Waals surface area contributed by atoms with Gasteiger partial charge in [0, 0.05) is 76.0 Å². The summed E-state index contributed by atoms with van der Waals surface area (Å²) in [7, 11) is -13.8. The summed E-state index contributed by atoms with van der Waals surface area (Å²) >= 11 is 1.03. The van der Waals surface area contributed by atoms with E-state index >= 15 is 0 Å². The number of amides is 3. The number of rotatable bonds is 19. The van der Waals surface area contributed by atoms with E-state index in [1.807, 2.05) is 12.1 Å². The van der Waals surface area contributed by atoms with Gasteiger partial charge in [0.1, 0.15) is 51.8 Å². The predicted molar refractivity (Wildman–Crippen MR) is 403 cm³/mol. The van der Waals surface area contributed by atoms with Crippen LogP contribution in [0.3, 0.4) is 0 Å². The highest BCUT2D eigenvalue weighted by atomic mass is 32.2. The molecule has 11 aromatic rings. The number of anilines is 5. The second-order valence-corrected chi connectivity index (χ2v) is 31.7. The lowest BCUT2D eigenvalue weighted by molar-refractivity contribution is -0.114. The standard InChI is InChI=1S/C21H22N6O4S.C17H16N6O3S.C15H14N6O3S2.C15H20N6O2S/c1-15-23-19(18-9-5-6-12-22-18)25-20(24-15)26-32(29,30)17-10-13-27(14-11-17)21(28)31-16-7-3-2-4-8-16;1-11-19-16(15-5-3-4-10-18-15)22-17(20-11)23-27(25,26)14-8-6-13(7-9-14)21-12(2)24;1-9-18-13(11-5-3-4-6-17-11)20-15(19-9)21-26(23,24)10-7-12(25-8-10)14(22)16-2;1-11-6-9-21(10-7-11)24(22,23)20-15-18-12(2)17-14(19-15)13-5-3-4-8-16-13/h2-9,12,17H,10-11,13-14H2,1H3,(H,23,24,25,26);3-10H,1-2H3,(H,21,24)(H,19,20,22,23);3-8H,1-2H3,(H,16,22)(H,18,19,20,21);3-5,8,11H,6-7,9-10H2,1-2H3,(H,17,18,19,20). The van der Waals surface area contributed by atoms with Crippen molar-refractivity contribution in [3.63, 3.8) is 0 Å². The van der Waals surface area contributed by atoms with Crippen LogP contribution in [0.1, 0.15) is 72.5 Å². The lowest BCUT2D eigenvalue weighted by Crippen LogP contribution is -2.45. The summed E-state index contributed by atoms with van der Waals surface area (Å²) in [4.78, 5) is 103. The normalized spacial score (nSPS) is 13.4. The highest BCUT2D eigenvalue weighted by Gasteiger charge is 2.34. The maximum absolute atomic E-state index is 12.9. The zero-order valence-electron chi connectivity index (χ0n) is 59.4. The first-order valence-electron chi connectivity index (χ1n) is 33.2. The zero-order chi connectivity index (χ0) is 77.9. The quantitative estimate of drug-likeness (QED) is 0.0450. The van der Waals surface area contributed by atoms with Gasteiger partial charge in [-0.25, -0.2) is 64.2 Å². The molecule has 0 spiro atoms. The number of benzene rings is 2. The Kier molecular flexibility index (Phi) is 26.3. The third kappa shape index (κ3) is 22.7. The number of nitrogens with one attached hydrogen (secondary N) is 6. The van der Waals surface area contributed by atoms with E-state index in [1.54, 1.807) is 143 Å². The van der Waals surface area contributed by atoms with E-state index in [4.69, 9.17) is 4.74 Å². The molecule has 41 heteroatoms. The second-order valence-electron chi connectivity index (χ2n) is 23.8. The van der Waals surface area contributed by atoms with Crippen LogP contribution in [0.25, 0.3) is 46.1 Å². The molecule has 0 aliphatic carbocycles. The first kappa shape index (κ1) is 79.5. The fourth-order valence-corrected chi connectivity index (χ4v) is 15.7. The minimum Gasteiger partial charge on any atom is -0.410 e. The summed E-state index contributed by atoms with van der Waals surface area (Å²) in [5.41, 5.74) is 2.58. The Labute approximate surface area is 631 Å². The van der Waals surface area contributed by atoms with Crippen LogP contribution in [-0.2, 0) is 45.1 Å². The van der Waals surface area contributed by atoms with Gasteiger partial charge in [-0.3, -0.25) is 34.2 Å². The maximum atomic E-state index is 12.9. The van der Waals surface area contributed by atoms with Gasteiger partial charge in [0.05, 0.1) is 19.9 Å². The number of hydrogen-bond donors (Lipinski definition) is 6. The summed E-state index contributed by atoms with van der Waals surface area (Å²) < 4.78 is 117. The van der Waals surface area contributed by atoms with E-state index in [-0.39, 0.29) is 93.7 Å². The van der Waals surface area contributed by atoms with Gasteiger partial charge < -0.3 is 20.3 Å². The molecule has 6 N–H and O–H groups in total. The monoisotopic (exact) mass is 1580 g/mol. The number of sulfonamides is 3. The van der Waals surface area contributed by atoms with E-state index in [1.165, 1.54) is 58.9 Å². The number of carbonyl (C=O) groups is 3. The van der Waals surface area contributed by atoms with Crippen LogP contribution in [0.5, 0.6) is 5.75 Å². The fraction of sp³-hybridized carbons (Fsp3) is 0.250. The van der Waals surface area contributed by atoms with Gasteiger partial charge in [-0.1, -0.05) is 49.4 Å². The number of aryl methyl sites for hydroxylation is 4. The van der Waals surface area contributed by atoms with Gasteiger partial charge in [-0.2, -0.15) is 52.6 Å². The SMILES string of the molecule is CC(=O)Nc1ccc(S(=O)(=O)Nc2nc(C)nc(-c3ccccn3)n2)cc1.CNC(=O)c1cc(S(=O)(=O)Nc2nc(C)nc(-c3ccccn3)n2)cs1.Cc1nc(NS(=O)(=O)C2CCN(C(=O)Oc3ccccc3)CC2)nc(-c2ccccn2)n1.Cc1nc(NS(=O)(=O)N2CCC(C)CC2)nc(-c2ccccn2)n1. The molecule has 2 fully saturated rings. The summed E-state index contributed by atoms with van der Waals surface area (Å²) in [5, 5.41) is 5.71. The van der Waals surface area contributed by atoms with Crippen LogP contribution < -0.4 is 34.3 Å². The largest absolute Gasteiger partial charge is 0.415 e. The van der Waals surface area contributed by atoms with Crippen molar-refractivity contribution in [3.8, 4) is 51.8 Å². The Morgan fingerprint density at radius 3 is 1.28 bits per heavy atom. The minimum atomic E-state index is -3.94. The molecule has 9 aromatic heterocycles. The van der Waals surface area contributed by atoms with Crippen LogP contribution in [-0.4, -0.2) is 179 Å². The van der Waals surface area contributed by atoms with E-state index in [0.717, 1.165) is 24.2 Å².